The number of esters is 1. The third-order valence-electron chi connectivity index (χ3n) is 2.24. The lowest BCUT2D eigenvalue weighted by Gasteiger charge is -2.09. The van der Waals surface area contributed by atoms with Crippen molar-refractivity contribution in [1.82, 2.24) is 20.0 Å². The van der Waals surface area contributed by atoms with E-state index in [0.717, 1.165) is 10.9 Å². The number of ether oxygens (including phenoxy) is 1. The number of pyridine rings is 1. The fraction of sp³-hybridized carbons (Fsp3) is 0.200. The van der Waals surface area contributed by atoms with Gasteiger partial charge < -0.3 is 4.74 Å². The summed E-state index contributed by atoms with van der Waals surface area (Å²) < 4.78 is 31.8. The molecular weight excluding hydrogens is 326 g/mol. The van der Waals surface area contributed by atoms with Gasteiger partial charge in [-0.3, -0.25) is 0 Å². The molecule has 0 bridgehead atoms. The Kier molecular flexibility index (Phi) is 3.84. The third-order valence-corrected chi connectivity index (χ3v) is 2.67. The first-order valence-electron chi connectivity index (χ1n) is 4.97. The van der Waals surface area contributed by atoms with Crippen LogP contribution in [-0.2, 0) is 4.74 Å². The highest BCUT2D eigenvalue weighted by molar-refractivity contribution is 9.10. The summed E-state index contributed by atoms with van der Waals surface area (Å²) in [7, 11) is 1.17. The van der Waals surface area contributed by atoms with Gasteiger partial charge in [-0.1, -0.05) is 5.21 Å². The number of alkyl halides is 2. The Morgan fingerprint density at radius 3 is 2.84 bits per heavy atom. The Balaban J connectivity index is 2.59. The van der Waals surface area contributed by atoms with E-state index in [1.165, 1.54) is 19.4 Å². The number of methoxy groups -OCH3 is 1. The zero-order valence-corrected chi connectivity index (χ0v) is 11.1. The highest BCUT2D eigenvalue weighted by atomic mass is 79.9. The van der Waals surface area contributed by atoms with Gasteiger partial charge in [-0.25, -0.2) is 18.6 Å². The molecule has 0 saturated carbocycles. The van der Waals surface area contributed by atoms with Crippen LogP contribution in [0.25, 0.3) is 5.82 Å². The van der Waals surface area contributed by atoms with E-state index in [9.17, 15) is 13.6 Å². The maximum absolute atomic E-state index is 13.0. The van der Waals surface area contributed by atoms with Gasteiger partial charge >= 0.3 is 5.97 Å². The standard InChI is InChI=1S/C10H7BrF2N4O2/c1-19-10(18)7-4-15-16-17(7)9-6(8(12)13)2-5(11)3-14-9/h2-4,8H,1H3. The number of carbonyl (C=O) groups excluding carboxylic acids is 1. The number of halogens is 3. The zero-order valence-electron chi connectivity index (χ0n) is 9.55. The second kappa shape index (κ2) is 5.39. The van der Waals surface area contributed by atoms with Crippen LogP contribution < -0.4 is 0 Å². The molecule has 2 aromatic rings. The molecule has 0 spiro atoms. The molecule has 6 nitrogen and oxygen atoms in total. The van der Waals surface area contributed by atoms with Crippen molar-refractivity contribution in [3.8, 4) is 5.82 Å². The maximum Gasteiger partial charge on any atom is 0.358 e. The van der Waals surface area contributed by atoms with Crippen molar-refractivity contribution in [3.63, 3.8) is 0 Å². The summed E-state index contributed by atoms with van der Waals surface area (Å²) in [4.78, 5) is 15.3. The van der Waals surface area contributed by atoms with E-state index in [4.69, 9.17) is 0 Å². The molecule has 0 saturated heterocycles. The second-order valence-electron chi connectivity index (χ2n) is 3.39. The van der Waals surface area contributed by atoms with E-state index in [-0.39, 0.29) is 17.1 Å². The number of hydrogen-bond donors (Lipinski definition) is 0. The Hall–Kier alpha value is -1.90. The van der Waals surface area contributed by atoms with Crippen LogP contribution in [0.4, 0.5) is 8.78 Å². The fourth-order valence-electron chi connectivity index (χ4n) is 1.42. The molecule has 0 radical (unpaired) electrons. The number of rotatable bonds is 3. The Morgan fingerprint density at radius 2 is 2.21 bits per heavy atom. The molecule has 0 aliphatic rings. The van der Waals surface area contributed by atoms with Gasteiger partial charge in [0.15, 0.2) is 11.5 Å². The van der Waals surface area contributed by atoms with Crippen molar-refractivity contribution >= 4 is 21.9 Å². The fourth-order valence-corrected chi connectivity index (χ4v) is 1.77. The molecule has 100 valence electrons. The smallest absolute Gasteiger partial charge is 0.358 e. The minimum atomic E-state index is -2.77. The van der Waals surface area contributed by atoms with E-state index < -0.39 is 12.4 Å². The average molecular weight is 333 g/mol. The van der Waals surface area contributed by atoms with Crippen molar-refractivity contribution in [1.29, 1.82) is 0 Å². The van der Waals surface area contributed by atoms with Crippen LogP contribution in [0.15, 0.2) is 22.9 Å². The van der Waals surface area contributed by atoms with E-state index in [2.05, 4.69) is 36.0 Å². The molecule has 0 N–H and O–H groups in total. The van der Waals surface area contributed by atoms with Gasteiger partial charge in [-0.2, -0.15) is 4.68 Å². The van der Waals surface area contributed by atoms with E-state index in [0.29, 0.717) is 4.47 Å². The summed E-state index contributed by atoms with van der Waals surface area (Å²) in [6, 6.07) is 1.20. The molecule has 0 fully saturated rings. The van der Waals surface area contributed by atoms with Gasteiger partial charge in [-0.15, -0.1) is 5.10 Å². The predicted molar refractivity (Wildman–Crippen MR) is 63.2 cm³/mol. The summed E-state index contributed by atoms with van der Waals surface area (Å²) in [6.07, 6.45) is -0.330. The van der Waals surface area contributed by atoms with Gasteiger partial charge in [-0.05, 0) is 22.0 Å². The average Bonchev–Trinajstić information content (AvgIpc) is 2.86. The first kappa shape index (κ1) is 13.5. The van der Waals surface area contributed by atoms with Gasteiger partial charge in [0.1, 0.15) is 0 Å². The van der Waals surface area contributed by atoms with E-state index in [1.807, 2.05) is 0 Å². The number of carbonyl (C=O) groups is 1. The molecule has 0 aromatic carbocycles. The first-order valence-corrected chi connectivity index (χ1v) is 5.77. The topological polar surface area (TPSA) is 69.9 Å². The van der Waals surface area contributed by atoms with Crippen LogP contribution in [0, 0.1) is 0 Å². The van der Waals surface area contributed by atoms with Crippen molar-refractivity contribution in [2.45, 2.75) is 6.43 Å². The maximum atomic E-state index is 13.0. The lowest BCUT2D eigenvalue weighted by Crippen LogP contribution is -2.13. The minimum absolute atomic E-state index is 0.0841. The highest BCUT2D eigenvalue weighted by Crippen LogP contribution is 2.27. The summed E-state index contributed by atoms with van der Waals surface area (Å²) in [6.45, 7) is 0. The predicted octanol–water partition coefficient (Wildman–Crippen LogP) is 2.15. The van der Waals surface area contributed by atoms with Crippen molar-refractivity contribution < 1.29 is 18.3 Å². The van der Waals surface area contributed by atoms with Crippen molar-refractivity contribution in [2.24, 2.45) is 0 Å². The molecule has 0 amide bonds. The van der Waals surface area contributed by atoms with Crippen LogP contribution in [0.1, 0.15) is 22.5 Å². The molecule has 2 heterocycles. The molecule has 19 heavy (non-hydrogen) atoms. The molecule has 0 atom stereocenters. The highest BCUT2D eigenvalue weighted by Gasteiger charge is 2.22. The SMILES string of the molecule is COC(=O)c1cnnn1-c1ncc(Br)cc1C(F)F. The molecular formula is C10H7BrF2N4O2. The number of aromatic nitrogens is 4. The molecule has 0 aliphatic heterocycles. The Labute approximate surface area is 114 Å². The Morgan fingerprint density at radius 1 is 1.47 bits per heavy atom. The van der Waals surface area contributed by atoms with Crippen LogP contribution >= 0.6 is 15.9 Å². The third kappa shape index (κ3) is 2.60. The normalized spacial score (nSPS) is 10.8. The second-order valence-corrected chi connectivity index (χ2v) is 4.31. The molecule has 0 unspecified atom stereocenters. The molecule has 2 aromatic heterocycles. The lowest BCUT2D eigenvalue weighted by molar-refractivity contribution is 0.0589. The van der Waals surface area contributed by atoms with Crippen LogP contribution in [0.3, 0.4) is 0 Å². The lowest BCUT2D eigenvalue weighted by atomic mass is 10.2. The quantitative estimate of drug-likeness (QED) is 0.805. The molecule has 2 rings (SSSR count). The number of nitrogens with zero attached hydrogens (tertiary/aromatic N) is 4. The Bertz CT molecular complexity index is 617. The van der Waals surface area contributed by atoms with Crippen LogP contribution in [-0.4, -0.2) is 33.1 Å². The van der Waals surface area contributed by atoms with E-state index in [1.54, 1.807) is 0 Å². The van der Waals surface area contributed by atoms with Crippen LogP contribution in [0.5, 0.6) is 0 Å². The van der Waals surface area contributed by atoms with Gasteiger partial charge in [0.2, 0.25) is 0 Å². The van der Waals surface area contributed by atoms with Crippen LogP contribution in [0.2, 0.25) is 0 Å². The summed E-state index contributed by atoms with van der Waals surface area (Å²) >= 11 is 3.06. The summed E-state index contributed by atoms with van der Waals surface area (Å²) in [5, 5.41) is 7.09. The summed E-state index contributed by atoms with van der Waals surface area (Å²) in [5.41, 5.74) is -0.454. The van der Waals surface area contributed by atoms with Gasteiger partial charge in [0, 0.05) is 10.7 Å². The van der Waals surface area contributed by atoms with Crippen molar-refractivity contribution in [2.75, 3.05) is 7.11 Å². The zero-order chi connectivity index (χ0) is 14.0. The number of hydrogen-bond acceptors (Lipinski definition) is 5. The monoisotopic (exact) mass is 332 g/mol. The van der Waals surface area contributed by atoms with Crippen molar-refractivity contribution in [3.05, 3.63) is 34.2 Å². The first-order chi connectivity index (χ1) is 9.04. The molecule has 9 heteroatoms. The largest absolute Gasteiger partial charge is 0.464 e. The summed E-state index contributed by atoms with van der Waals surface area (Å²) in [5.74, 6) is -0.911. The minimum Gasteiger partial charge on any atom is -0.464 e. The van der Waals surface area contributed by atoms with E-state index >= 15 is 0 Å². The van der Waals surface area contributed by atoms with Gasteiger partial charge in [0.05, 0.1) is 18.9 Å². The molecule has 0 aliphatic carbocycles. The van der Waals surface area contributed by atoms with Gasteiger partial charge in [0.25, 0.3) is 6.43 Å².